The SMILES string of the molecule is O=S(=O)(c1cccc2nsnc12)N1C2CCC1CC(O)C2. The van der Waals surface area contributed by atoms with E-state index < -0.39 is 10.0 Å². The molecule has 8 heteroatoms. The van der Waals surface area contributed by atoms with Gasteiger partial charge in [0.15, 0.2) is 0 Å². The van der Waals surface area contributed by atoms with Gasteiger partial charge < -0.3 is 5.11 Å². The minimum Gasteiger partial charge on any atom is -0.393 e. The van der Waals surface area contributed by atoms with Crippen molar-refractivity contribution in [3.63, 3.8) is 0 Å². The number of rotatable bonds is 2. The summed E-state index contributed by atoms with van der Waals surface area (Å²) >= 11 is 1.02. The van der Waals surface area contributed by atoms with Crippen molar-refractivity contribution in [3.05, 3.63) is 18.2 Å². The lowest BCUT2D eigenvalue weighted by Crippen LogP contribution is -2.47. The quantitative estimate of drug-likeness (QED) is 0.901. The van der Waals surface area contributed by atoms with Gasteiger partial charge >= 0.3 is 0 Å². The highest BCUT2D eigenvalue weighted by molar-refractivity contribution is 7.89. The number of benzene rings is 1. The lowest BCUT2D eigenvalue weighted by Gasteiger charge is -2.35. The Hall–Kier alpha value is -1.09. The third kappa shape index (κ3) is 2.01. The zero-order valence-corrected chi connectivity index (χ0v) is 12.8. The molecule has 21 heavy (non-hydrogen) atoms. The second-order valence-corrected chi connectivity index (χ2v) is 8.07. The fourth-order valence-corrected chi connectivity index (χ4v) is 6.25. The highest BCUT2D eigenvalue weighted by Crippen LogP contribution is 2.40. The average molecular weight is 325 g/mol. The molecule has 2 aliphatic rings. The Labute approximate surface area is 126 Å². The smallest absolute Gasteiger partial charge is 0.245 e. The van der Waals surface area contributed by atoms with E-state index in [0.29, 0.717) is 23.9 Å². The van der Waals surface area contributed by atoms with Crippen LogP contribution in [-0.4, -0.2) is 44.8 Å². The Morgan fingerprint density at radius 3 is 2.62 bits per heavy atom. The number of nitrogens with zero attached hydrogens (tertiary/aromatic N) is 3. The van der Waals surface area contributed by atoms with Crippen molar-refractivity contribution in [1.82, 2.24) is 13.1 Å². The molecule has 1 N–H and O–H groups in total. The molecule has 2 unspecified atom stereocenters. The van der Waals surface area contributed by atoms with Crippen molar-refractivity contribution >= 4 is 32.8 Å². The fourth-order valence-electron chi connectivity index (χ4n) is 3.60. The van der Waals surface area contributed by atoms with Gasteiger partial charge in [-0.15, -0.1) is 0 Å². The van der Waals surface area contributed by atoms with Crippen molar-refractivity contribution in [3.8, 4) is 0 Å². The number of hydrogen-bond donors (Lipinski definition) is 1. The summed E-state index contributed by atoms with van der Waals surface area (Å²) in [5, 5.41) is 9.84. The Kier molecular flexibility index (Phi) is 3.04. The number of sulfonamides is 1. The van der Waals surface area contributed by atoms with Crippen LogP contribution in [0.25, 0.3) is 11.0 Å². The van der Waals surface area contributed by atoms with Crippen LogP contribution in [0.5, 0.6) is 0 Å². The summed E-state index contributed by atoms with van der Waals surface area (Å²) in [5.41, 5.74) is 1.07. The van der Waals surface area contributed by atoms with Crippen LogP contribution in [0.15, 0.2) is 23.1 Å². The normalized spacial score (nSPS) is 30.0. The number of aromatic nitrogens is 2. The molecule has 2 aliphatic heterocycles. The summed E-state index contributed by atoms with van der Waals surface area (Å²) in [6, 6.07) is 4.89. The molecular formula is C13H15N3O3S2. The fraction of sp³-hybridized carbons (Fsp3) is 0.538. The van der Waals surface area contributed by atoms with Crippen LogP contribution in [0.4, 0.5) is 0 Å². The number of piperidine rings is 1. The van der Waals surface area contributed by atoms with Crippen LogP contribution >= 0.6 is 11.7 Å². The van der Waals surface area contributed by atoms with Crippen LogP contribution in [0, 0.1) is 0 Å². The molecule has 2 bridgehead atoms. The average Bonchev–Trinajstić information content (AvgIpc) is 3.01. The molecule has 112 valence electrons. The van der Waals surface area contributed by atoms with E-state index in [1.165, 1.54) is 0 Å². The van der Waals surface area contributed by atoms with Gasteiger partial charge in [0.2, 0.25) is 10.0 Å². The van der Waals surface area contributed by atoms with Crippen LogP contribution in [0.3, 0.4) is 0 Å². The number of aliphatic hydroxyl groups is 1. The van der Waals surface area contributed by atoms with Crippen molar-refractivity contribution < 1.29 is 13.5 Å². The van der Waals surface area contributed by atoms with Crippen molar-refractivity contribution in [2.75, 3.05) is 0 Å². The van der Waals surface area contributed by atoms with E-state index in [2.05, 4.69) is 8.75 Å². The largest absolute Gasteiger partial charge is 0.393 e. The molecule has 0 aliphatic carbocycles. The first-order chi connectivity index (χ1) is 10.1. The minimum atomic E-state index is -3.59. The predicted molar refractivity (Wildman–Crippen MR) is 78.5 cm³/mol. The molecule has 4 rings (SSSR count). The van der Waals surface area contributed by atoms with Crippen molar-refractivity contribution in [2.45, 2.75) is 48.8 Å². The maximum Gasteiger partial charge on any atom is 0.245 e. The molecule has 1 aromatic carbocycles. The molecule has 2 atom stereocenters. The van der Waals surface area contributed by atoms with Gasteiger partial charge in [0, 0.05) is 12.1 Å². The predicted octanol–water partition coefficient (Wildman–Crippen LogP) is 1.37. The van der Waals surface area contributed by atoms with E-state index in [1.54, 1.807) is 22.5 Å². The molecule has 6 nitrogen and oxygen atoms in total. The molecule has 0 amide bonds. The molecule has 3 heterocycles. The minimum absolute atomic E-state index is 0.0920. The van der Waals surface area contributed by atoms with Gasteiger partial charge in [0.05, 0.1) is 17.8 Å². The van der Waals surface area contributed by atoms with E-state index in [4.69, 9.17) is 0 Å². The summed E-state index contributed by atoms with van der Waals surface area (Å²) in [5.74, 6) is 0. The lowest BCUT2D eigenvalue weighted by atomic mass is 10.0. The molecule has 2 fully saturated rings. The molecule has 0 radical (unpaired) electrons. The Balaban J connectivity index is 1.82. The summed E-state index contributed by atoms with van der Waals surface area (Å²) < 4.78 is 36.0. The van der Waals surface area contributed by atoms with E-state index in [1.807, 2.05) is 0 Å². The second-order valence-electron chi connectivity index (χ2n) is 5.73. The highest BCUT2D eigenvalue weighted by Gasteiger charge is 2.47. The Bertz CT molecular complexity index is 775. The maximum absolute atomic E-state index is 13.0. The molecule has 1 aromatic heterocycles. The van der Waals surface area contributed by atoms with Gasteiger partial charge in [-0.3, -0.25) is 0 Å². The summed E-state index contributed by atoms with van der Waals surface area (Å²) in [6.45, 7) is 0. The highest BCUT2D eigenvalue weighted by atomic mass is 32.2. The Morgan fingerprint density at radius 1 is 1.19 bits per heavy atom. The standard InChI is InChI=1S/C13H15N3O3S2/c17-10-6-8-4-5-9(7-10)16(8)21(18,19)12-3-1-2-11-13(12)15-20-14-11/h1-3,8-10,17H,4-7H2. The molecule has 2 saturated heterocycles. The van der Waals surface area contributed by atoms with Crippen LogP contribution < -0.4 is 0 Å². The number of aliphatic hydroxyl groups excluding tert-OH is 1. The van der Waals surface area contributed by atoms with Crippen LogP contribution in [-0.2, 0) is 10.0 Å². The third-order valence-corrected chi connectivity index (χ3v) is 7.02. The summed E-state index contributed by atoms with van der Waals surface area (Å²) in [4.78, 5) is 0.238. The first-order valence-electron chi connectivity index (χ1n) is 7.00. The second kappa shape index (κ2) is 4.70. The van der Waals surface area contributed by atoms with Crippen LogP contribution in [0.1, 0.15) is 25.7 Å². The van der Waals surface area contributed by atoms with Gasteiger partial charge in [0.1, 0.15) is 15.9 Å². The number of hydrogen-bond acceptors (Lipinski definition) is 6. The third-order valence-electron chi connectivity index (χ3n) is 4.45. The monoisotopic (exact) mass is 325 g/mol. The van der Waals surface area contributed by atoms with E-state index in [9.17, 15) is 13.5 Å². The first-order valence-corrected chi connectivity index (χ1v) is 9.17. The molecule has 0 spiro atoms. The van der Waals surface area contributed by atoms with Gasteiger partial charge in [-0.1, -0.05) is 6.07 Å². The molecule has 2 aromatic rings. The summed E-state index contributed by atoms with van der Waals surface area (Å²) in [7, 11) is -3.59. The van der Waals surface area contributed by atoms with E-state index in [0.717, 1.165) is 24.6 Å². The first kappa shape index (κ1) is 13.6. The molecule has 0 saturated carbocycles. The number of fused-ring (bicyclic) bond motifs is 3. The van der Waals surface area contributed by atoms with Gasteiger partial charge in [-0.25, -0.2) is 8.42 Å². The van der Waals surface area contributed by atoms with Gasteiger partial charge in [-0.05, 0) is 37.8 Å². The lowest BCUT2D eigenvalue weighted by molar-refractivity contribution is 0.0769. The van der Waals surface area contributed by atoms with Crippen molar-refractivity contribution in [2.24, 2.45) is 0 Å². The Morgan fingerprint density at radius 2 is 1.90 bits per heavy atom. The van der Waals surface area contributed by atoms with Gasteiger partial charge in [0.25, 0.3) is 0 Å². The maximum atomic E-state index is 13.0. The van der Waals surface area contributed by atoms with Crippen molar-refractivity contribution in [1.29, 1.82) is 0 Å². The van der Waals surface area contributed by atoms with E-state index in [-0.39, 0.29) is 23.1 Å². The summed E-state index contributed by atoms with van der Waals surface area (Å²) in [6.07, 6.45) is 2.33. The van der Waals surface area contributed by atoms with E-state index >= 15 is 0 Å². The zero-order chi connectivity index (χ0) is 14.6. The zero-order valence-electron chi connectivity index (χ0n) is 11.2. The molecular weight excluding hydrogens is 310 g/mol. The van der Waals surface area contributed by atoms with Gasteiger partial charge in [-0.2, -0.15) is 13.1 Å². The van der Waals surface area contributed by atoms with Crippen LogP contribution in [0.2, 0.25) is 0 Å². The topological polar surface area (TPSA) is 83.4 Å².